The molecule has 0 saturated carbocycles. The zero-order chi connectivity index (χ0) is 14.6. The van der Waals surface area contributed by atoms with Gasteiger partial charge < -0.3 is 9.84 Å². The van der Waals surface area contributed by atoms with Gasteiger partial charge in [0, 0.05) is 10.6 Å². The number of hydrogen-bond acceptors (Lipinski definition) is 3. The molecule has 0 bridgehead atoms. The second-order valence-electron chi connectivity index (χ2n) is 4.63. The van der Waals surface area contributed by atoms with Crippen molar-refractivity contribution < 1.29 is 19.0 Å². The summed E-state index contributed by atoms with van der Waals surface area (Å²) in [5.74, 6) is -1.83. The van der Waals surface area contributed by atoms with Crippen LogP contribution in [0.3, 0.4) is 0 Å². The maximum atomic E-state index is 13.0. The third-order valence-electron chi connectivity index (χ3n) is 2.90. The molecule has 5 heteroatoms. The van der Waals surface area contributed by atoms with E-state index >= 15 is 0 Å². The smallest absolute Gasteiger partial charge is 0.312 e. The van der Waals surface area contributed by atoms with Gasteiger partial charge in [0.1, 0.15) is 5.82 Å². The Morgan fingerprint density at radius 1 is 1.47 bits per heavy atom. The van der Waals surface area contributed by atoms with Crippen LogP contribution in [0.2, 0.25) is 5.02 Å². The fourth-order valence-electron chi connectivity index (χ4n) is 1.94. The fraction of sp³-hybridized carbons (Fsp3) is 0.500. The van der Waals surface area contributed by atoms with Crippen LogP contribution in [0.15, 0.2) is 18.2 Å². The van der Waals surface area contributed by atoms with Crippen molar-refractivity contribution in [3.63, 3.8) is 0 Å². The zero-order valence-corrected chi connectivity index (χ0v) is 11.9. The van der Waals surface area contributed by atoms with Crippen LogP contribution in [0.25, 0.3) is 0 Å². The molecule has 1 N–H and O–H groups in total. The maximum Gasteiger partial charge on any atom is 0.312 e. The molecule has 0 saturated heterocycles. The van der Waals surface area contributed by atoms with E-state index in [-0.39, 0.29) is 17.5 Å². The molecular formula is C14H18ClFO3. The van der Waals surface area contributed by atoms with Gasteiger partial charge in [0.25, 0.3) is 0 Å². The van der Waals surface area contributed by atoms with Crippen LogP contribution in [0.1, 0.15) is 32.4 Å². The minimum absolute atomic E-state index is 0.0995. The molecule has 0 spiro atoms. The van der Waals surface area contributed by atoms with Crippen LogP contribution in [0, 0.1) is 17.7 Å². The van der Waals surface area contributed by atoms with Crippen molar-refractivity contribution in [3.8, 4) is 0 Å². The summed E-state index contributed by atoms with van der Waals surface area (Å²) in [5.41, 5.74) is 0.329. The SMILES string of the molecule is CCOC(=O)C(C(C)C)C(O)c1ccc(F)cc1Cl. The molecule has 0 aromatic heterocycles. The molecule has 0 aliphatic rings. The van der Waals surface area contributed by atoms with Gasteiger partial charge in [0.05, 0.1) is 18.6 Å². The van der Waals surface area contributed by atoms with Gasteiger partial charge in [-0.25, -0.2) is 4.39 Å². The van der Waals surface area contributed by atoms with Crippen molar-refractivity contribution >= 4 is 17.6 Å². The van der Waals surface area contributed by atoms with Crippen molar-refractivity contribution in [2.45, 2.75) is 26.9 Å². The number of aliphatic hydroxyl groups excluding tert-OH is 1. The van der Waals surface area contributed by atoms with Gasteiger partial charge in [-0.1, -0.05) is 31.5 Å². The normalized spacial score (nSPS) is 14.3. The molecule has 3 nitrogen and oxygen atoms in total. The molecule has 19 heavy (non-hydrogen) atoms. The number of ether oxygens (including phenoxy) is 1. The summed E-state index contributed by atoms with van der Waals surface area (Å²) in [5, 5.41) is 10.4. The molecule has 0 radical (unpaired) electrons. The summed E-state index contributed by atoms with van der Waals surface area (Å²) < 4.78 is 17.9. The van der Waals surface area contributed by atoms with Crippen molar-refractivity contribution in [2.75, 3.05) is 6.61 Å². The molecule has 1 rings (SSSR count). The average molecular weight is 289 g/mol. The molecule has 0 aliphatic carbocycles. The Bertz CT molecular complexity index is 448. The topological polar surface area (TPSA) is 46.5 Å². The summed E-state index contributed by atoms with van der Waals surface area (Å²) in [7, 11) is 0. The molecule has 2 atom stereocenters. The lowest BCUT2D eigenvalue weighted by Crippen LogP contribution is -2.29. The molecule has 0 fully saturated rings. The van der Waals surface area contributed by atoms with Gasteiger partial charge in [-0.3, -0.25) is 4.79 Å². The standard InChI is InChI=1S/C14H18ClFO3/c1-4-19-14(18)12(8(2)3)13(17)10-6-5-9(16)7-11(10)15/h5-8,12-13,17H,4H2,1-3H3. The van der Waals surface area contributed by atoms with E-state index in [1.54, 1.807) is 6.92 Å². The number of benzene rings is 1. The largest absolute Gasteiger partial charge is 0.466 e. The molecule has 0 heterocycles. The number of rotatable bonds is 5. The maximum absolute atomic E-state index is 13.0. The van der Waals surface area contributed by atoms with Gasteiger partial charge in [-0.05, 0) is 25.0 Å². The second-order valence-corrected chi connectivity index (χ2v) is 5.04. The quantitative estimate of drug-likeness (QED) is 0.845. The van der Waals surface area contributed by atoms with Crippen LogP contribution in [0.5, 0.6) is 0 Å². The molecule has 0 aliphatic heterocycles. The number of hydrogen-bond donors (Lipinski definition) is 1. The molecule has 2 unspecified atom stereocenters. The lowest BCUT2D eigenvalue weighted by atomic mass is 9.86. The van der Waals surface area contributed by atoms with Gasteiger partial charge in [0.2, 0.25) is 0 Å². The van der Waals surface area contributed by atoms with Crippen LogP contribution in [-0.4, -0.2) is 17.7 Å². The minimum Gasteiger partial charge on any atom is -0.466 e. The minimum atomic E-state index is -1.12. The van der Waals surface area contributed by atoms with E-state index in [1.165, 1.54) is 12.1 Å². The summed E-state index contributed by atoms with van der Waals surface area (Å²) >= 11 is 5.90. The van der Waals surface area contributed by atoms with E-state index in [1.807, 2.05) is 13.8 Å². The molecule has 106 valence electrons. The van der Waals surface area contributed by atoms with E-state index in [9.17, 15) is 14.3 Å². The van der Waals surface area contributed by atoms with Crippen LogP contribution >= 0.6 is 11.6 Å². The van der Waals surface area contributed by atoms with E-state index < -0.39 is 23.8 Å². The lowest BCUT2D eigenvalue weighted by Gasteiger charge is -2.25. The highest BCUT2D eigenvalue weighted by molar-refractivity contribution is 6.31. The Kier molecular flexibility index (Phi) is 5.76. The van der Waals surface area contributed by atoms with Crippen LogP contribution in [-0.2, 0) is 9.53 Å². The van der Waals surface area contributed by atoms with Crippen molar-refractivity contribution in [1.29, 1.82) is 0 Å². The lowest BCUT2D eigenvalue weighted by molar-refractivity contribution is -0.154. The average Bonchev–Trinajstić information content (AvgIpc) is 2.28. The highest BCUT2D eigenvalue weighted by Crippen LogP contribution is 2.33. The predicted molar refractivity (Wildman–Crippen MR) is 71.3 cm³/mol. The highest BCUT2D eigenvalue weighted by atomic mass is 35.5. The van der Waals surface area contributed by atoms with Gasteiger partial charge >= 0.3 is 5.97 Å². The predicted octanol–water partition coefficient (Wildman–Crippen LogP) is 3.35. The molecular weight excluding hydrogens is 271 g/mol. The summed E-state index contributed by atoms with van der Waals surface area (Å²) in [6.45, 7) is 5.56. The highest BCUT2D eigenvalue weighted by Gasteiger charge is 2.33. The van der Waals surface area contributed by atoms with Crippen LogP contribution in [0.4, 0.5) is 4.39 Å². The molecule has 0 amide bonds. The van der Waals surface area contributed by atoms with Crippen molar-refractivity contribution in [3.05, 3.63) is 34.6 Å². The van der Waals surface area contributed by atoms with E-state index in [0.717, 1.165) is 6.07 Å². The number of halogens is 2. The first-order valence-electron chi connectivity index (χ1n) is 6.18. The van der Waals surface area contributed by atoms with Gasteiger partial charge in [-0.2, -0.15) is 0 Å². The Morgan fingerprint density at radius 2 is 2.11 bits per heavy atom. The van der Waals surface area contributed by atoms with E-state index in [4.69, 9.17) is 16.3 Å². The Labute approximate surface area is 117 Å². The number of esters is 1. The number of aliphatic hydroxyl groups is 1. The first kappa shape index (κ1) is 15.9. The number of carbonyl (C=O) groups excluding carboxylic acids is 1. The Morgan fingerprint density at radius 3 is 2.58 bits per heavy atom. The summed E-state index contributed by atoms with van der Waals surface area (Å²) in [4.78, 5) is 11.9. The fourth-order valence-corrected chi connectivity index (χ4v) is 2.22. The first-order chi connectivity index (χ1) is 8.88. The van der Waals surface area contributed by atoms with Crippen LogP contribution < -0.4 is 0 Å². The number of carbonyl (C=O) groups is 1. The Balaban J connectivity index is 3.05. The van der Waals surface area contributed by atoms with Crippen molar-refractivity contribution in [2.24, 2.45) is 11.8 Å². The van der Waals surface area contributed by atoms with E-state index in [2.05, 4.69) is 0 Å². The van der Waals surface area contributed by atoms with Crippen molar-refractivity contribution in [1.82, 2.24) is 0 Å². The van der Waals surface area contributed by atoms with E-state index in [0.29, 0.717) is 5.56 Å². The molecule has 1 aromatic carbocycles. The third-order valence-corrected chi connectivity index (χ3v) is 3.23. The summed E-state index contributed by atoms with van der Waals surface area (Å²) in [6.07, 6.45) is -1.12. The van der Waals surface area contributed by atoms with Gasteiger partial charge in [-0.15, -0.1) is 0 Å². The van der Waals surface area contributed by atoms with Gasteiger partial charge in [0.15, 0.2) is 0 Å². The monoisotopic (exact) mass is 288 g/mol. The third kappa shape index (κ3) is 3.91. The Hall–Kier alpha value is -1.13. The zero-order valence-electron chi connectivity index (χ0n) is 11.2. The first-order valence-corrected chi connectivity index (χ1v) is 6.55. The second kappa shape index (κ2) is 6.87. The molecule has 1 aromatic rings. The summed E-state index contributed by atoms with van der Waals surface area (Å²) in [6, 6.07) is 3.70.